The van der Waals surface area contributed by atoms with Gasteiger partial charge in [0.25, 0.3) is 0 Å². The van der Waals surface area contributed by atoms with Crippen LogP contribution >= 0.6 is 0 Å². The molecular weight excluding hydrogens is 897 g/mol. The maximum absolute atomic E-state index is 6.79. The first-order chi connectivity index (χ1) is 35.9. The maximum atomic E-state index is 6.79. The molecule has 1 unspecified atom stereocenters. The Balaban J connectivity index is 0.829. The van der Waals surface area contributed by atoms with Crippen LogP contribution in [0.25, 0.3) is 99.5 Å². The van der Waals surface area contributed by atoms with Crippen LogP contribution in [0.3, 0.4) is 0 Å². The molecule has 0 aliphatic heterocycles. The zero-order valence-corrected chi connectivity index (χ0v) is 42.9. The summed E-state index contributed by atoms with van der Waals surface area (Å²) in [6, 6.07) is 74.9. The van der Waals surface area contributed by atoms with Gasteiger partial charge in [0.2, 0.25) is 0 Å². The third kappa shape index (κ3) is 6.12. The Morgan fingerprint density at radius 2 is 0.865 bits per heavy atom. The summed E-state index contributed by atoms with van der Waals surface area (Å²) in [6.07, 6.45) is 1.83. The topological polar surface area (TPSA) is 26.3 Å². The summed E-state index contributed by atoms with van der Waals surface area (Å²) in [6.45, 7) is 14.5. The molecule has 3 aliphatic carbocycles. The lowest BCUT2D eigenvalue weighted by Crippen LogP contribution is -2.17. The van der Waals surface area contributed by atoms with Crippen molar-refractivity contribution in [1.82, 2.24) is 0 Å². The zero-order valence-electron chi connectivity index (χ0n) is 42.9. The Morgan fingerprint density at radius 3 is 1.59 bits per heavy atom. The van der Waals surface area contributed by atoms with E-state index in [1.54, 1.807) is 0 Å². The van der Waals surface area contributed by atoms with Crippen LogP contribution in [0.5, 0.6) is 0 Å². The predicted octanol–water partition coefficient (Wildman–Crippen LogP) is 19.3. The number of para-hydroxylation sites is 2. The minimum absolute atomic E-state index is 0.152. The minimum atomic E-state index is -0.226. The molecule has 0 saturated carbocycles. The summed E-state index contributed by atoms with van der Waals surface area (Å²) in [4.78, 5) is 0. The Morgan fingerprint density at radius 1 is 0.338 bits per heavy atom. The molecule has 1 atom stereocenters. The van der Waals surface area contributed by atoms with Crippen molar-refractivity contribution in [3.05, 3.63) is 250 Å². The smallest absolute Gasteiger partial charge is 0.143 e. The second kappa shape index (κ2) is 15.4. The van der Waals surface area contributed by atoms with Crippen LogP contribution in [0.4, 0.5) is 0 Å². The molecule has 2 heterocycles. The summed E-state index contributed by atoms with van der Waals surface area (Å²) < 4.78 is 13.3. The Bertz CT molecular complexity index is 4330. The molecule has 0 radical (unpaired) electrons. The van der Waals surface area contributed by atoms with Gasteiger partial charge in [-0.25, -0.2) is 0 Å². The number of rotatable bonds is 7. The molecule has 0 N–H and O–H groups in total. The predicted molar refractivity (Wildman–Crippen MR) is 308 cm³/mol. The minimum Gasteiger partial charge on any atom is -0.456 e. The Kier molecular flexibility index (Phi) is 9.04. The van der Waals surface area contributed by atoms with E-state index >= 15 is 0 Å². The molecule has 2 nitrogen and oxygen atoms in total. The average Bonchev–Trinajstić information content (AvgIpc) is 4.17. The Hall–Kier alpha value is -8.20. The molecule has 0 fully saturated rings. The van der Waals surface area contributed by atoms with Gasteiger partial charge < -0.3 is 8.83 Å². The van der Waals surface area contributed by atoms with Crippen LogP contribution in [-0.4, -0.2) is 0 Å². The van der Waals surface area contributed by atoms with Gasteiger partial charge in [-0.2, -0.15) is 0 Å². The quantitative estimate of drug-likeness (QED) is 0.159. The maximum Gasteiger partial charge on any atom is 0.143 e. The van der Waals surface area contributed by atoms with Crippen molar-refractivity contribution in [2.75, 3.05) is 0 Å². The molecule has 3 aliphatic rings. The fourth-order valence-corrected chi connectivity index (χ4v) is 14.0. The average molecular weight is 953 g/mol. The summed E-state index contributed by atoms with van der Waals surface area (Å²) in [7, 11) is 0. The van der Waals surface area contributed by atoms with Gasteiger partial charge in [0.1, 0.15) is 22.3 Å². The van der Waals surface area contributed by atoms with E-state index in [4.69, 9.17) is 8.83 Å². The number of hydrogen-bond donors (Lipinski definition) is 0. The molecule has 10 aromatic carbocycles. The highest BCUT2D eigenvalue weighted by Gasteiger charge is 2.43. The summed E-state index contributed by atoms with van der Waals surface area (Å²) in [5.41, 5.74) is 28.5. The van der Waals surface area contributed by atoms with E-state index in [2.05, 4.69) is 242 Å². The van der Waals surface area contributed by atoms with E-state index in [0.29, 0.717) is 0 Å². The molecule has 74 heavy (non-hydrogen) atoms. The van der Waals surface area contributed by atoms with Crippen LogP contribution in [-0.2, 0) is 29.1 Å². The van der Waals surface area contributed by atoms with Gasteiger partial charge in [-0.15, -0.1) is 0 Å². The van der Waals surface area contributed by atoms with Gasteiger partial charge in [-0.05, 0) is 155 Å². The number of furan rings is 2. The molecule has 356 valence electrons. The van der Waals surface area contributed by atoms with Crippen molar-refractivity contribution in [2.24, 2.45) is 0 Å². The molecular formula is C72H56O2. The van der Waals surface area contributed by atoms with Crippen molar-refractivity contribution >= 4 is 43.9 Å². The fraction of sp³-hybridized carbons (Fsp3) is 0.167. The largest absolute Gasteiger partial charge is 0.456 e. The summed E-state index contributed by atoms with van der Waals surface area (Å²) >= 11 is 0. The fourth-order valence-electron chi connectivity index (χ4n) is 14.0. The zero-order chi connectivity index (χ0) is 49.8. The lowest BCUT2D eigenvalue weighted by molar-refractivity contribution is 0.645. The SMILES string of the molecule is CC1(C)c2cc(CC(Cc3ccc4c(c3)C(C)(C)c3cc(-c5ccccc5)c5oc6ccccc6c5c3-4)c3cccc(-c4ccccc4)c3)ccc2-c2cc3c(cc21)-c1c(ccc2oc4ccccc4c12)C3(C)C. The molecule has 0 saturated heterocycles. The molecule has 2 aromatic heterocycles. The second-order valence-electron chi connectivity index (χ2n) is 23.1. The van der Waals surface area contributed by atoms with Gasteiger partial charge in [0, 0.05) is 43.4 Å². The van der Waals surface area contributed by atoms with Crippen LogP contribution in [0, 0.1) is 0 Å². The van der Waals surface area contributed by atoms with Crippen LogP contribution in [0.15, 0.2) is 209 Å². The standard InChI is InChI=1S/C72H56O2/c1-70(2)56-32-33-64-67(51-24-13-15-26-62(51)73-64)66(56)55-41-59-54(40-60(55)70)49-30-28-42(36-57(49)71(59,3)4)34-48(47-23-17-22-46(38-47)44-18-9-7-10-19-44)35-43-29-31-50-58(37-43)72(5,6)61-39-53(45-20-11-8-12-21-45)69-68(65(50)61)52-25-14-16-27-63(52)74-69/h7-33,36-41,48H,34-35H2,1-6H3. The molecule has 12 aromatic rings. The van der Waals surface area contributed by atoms with Crippen LogP contribution in [0.1, 0.15) is 97.5 Å². The molecule has 0 spiro atoms. The first-order valence-corrected chi connectivity index (χ1v) is 26.5. The van der Waals surface area contributed by atoms with Crippen molar-refractivity contribution in [2.45, 2.75) is 76.5 Å². The van der Waals surface area contributed by atoms with E-state index in [1.165, 1.54) is 122 Å². The summed E-state index contributed by atoms with van der Waals surface area (Å²) in [5, 5.41) is 4.82. The lowest BCUT2D eigenvalue weighted by Gasteiger charge is -2.25. The third-order valence-corrected chi connectivity index (χ3v) is 17.9. The van der Waals surface area contributed by atoms with Crippen molar-refractivity contribution < 1.29 is 8.83 Å². The molecule has 0 bridgehead atoms. The van der Waals surface area contributed by atoms with Gasteiger partial charge in [0.05, 0.1) is 0 Å². The van der Waals surface area contributed by atoms with Gasteiger partial charge in [-0.1, -0.05) is 205 Å². The summed E-state index contributed by atoms with van der Waals surface area (Å²) in [5.74, 6) is 0.232. The monoisotopic (exact) mass is 952 g/mol. The van der Waals surface area contributed by atoms with E-state index < -0.39 is 0 Å². The number of fused-ring (bicyclic) bond motifs is 17. The first-order valence-electron chi connectivity index (χ1n) is 26.5. The number of hydrogen-bond acceptors (Lipinski definition) is 2. The van der Waals surface area contributed by atoms with Gasteiger partial charge in [0.15, 0.2) is 0 Å². The van der Waals surface area contributed by atoms with Crippen molar-refractivity contribution in [3.8, 4) is 55.6 Å². The van der Waals surface area contributed by atoms with Gasteiger partial charge >= 0.3 is 0 Å². The second-order valence-corrected chi connectivity index (χ2v) is 23.1. The van der Waals surface area contributed by atoms with Crippen LogP contribution < -0.4 is 0 Å². The normalized spacial score (nSPS) is 15.5. The first kappa shape index (κ1) is 43.4. The molecule has 15 rings (SSSR count). The van der Waals surface area contributed by atoms with Crippen LogP contribution in [0.2, 0.25) is 0 Å². The lowest BCUT2D eigenvalue weighted by atomic mass is 9.78. The van der Waals surface area contributed by atoms with E-state index in [9.17, 15) is 0 Å². The molecule has 2 heteroatoms. The Labute approximate surface area is 433 Å². The van der Waals surface area contributed by atoms with Gasteiger partial charge in [-0.3, -0.25) is 0 Å². The van der Waals surface area contributed by atoms with Crippen molar-refractivity contribution in [1.29, 1.82) is 0 Å². The highest BCUT2D eigenvalue weighted by atomic mass is 16.3. The van der Waals surface area contributed by atoms with E-state index in [0.717, 1.165) is 40.7 Å². The molecule has 0 amide bonds. The highest BCUT2D eigenvalue weighted by Crippen LogP contribution is 2.59. The third-order valence-electron chi connectivity index (χ3n) is 17.9. The van der Waals surface area contributed by atoms with Crippen molar-refractivity contribution in [3.63, 3.8) is 0 Å². The number of benzene rings is 10. The van der Waals surface area contributed by atoms with E-state index in [1.807, 2.05) is 0 Å². The highest BCUT2D eigenvalue weighted by molar-refractivity contribution is 6.19. The van der Waals surface area contributed by atoms with E-state index in [-0.39, 0.29) is 22.2 Å².